The van der Waals surface area contributed by atoms with Gasteiger partial charge in [-0.05, 0) is 24.1 Å². The van der Waals surface area contributed by atoms with Crippen molar-refractivity contribution in [3.05, 3.63) is 33.8 Å². The summed E-state index contributed by atoms with van der Waals surface area (Å²) in [4.78, 5) is 0. The van der Waals surface area contributed by atoms with Gasteiger partial charge in [-0.25, -0.2) is 0 Å². The summed E-state index contributed by atoms with van der Waals surface area (Å²) in [5, 5.41) is 4.72. The Labute approximate surface area is 124 Å². The minimum absolute atomic E-state index is 0.0554. The zero-order valence-electron chi connectivity index (χ0n) is 11.0. The van der Waals surface area contributed by atoms with Crippen molar-refractivity contribution in [3.8, 4) is 0 Å². The van der Waals surface area contributed by atoms with Crippen LogP contribution in [-0.2, 0) is 9.47 Å². The van der Waals surface area contributed by atoms with Gasteiger partial charge in [-0.3, -0.25) is 0 Å². The van der Waals surface area contributed by atoms with Crippen molar-refractivity contribution in [2.45, 2.75) is 12.5 Å². The monoisotopic (exact) mass is 303 g/mol. The van der Waals surface area contributed by atoms with Gasteiger partial charge in [0.2, 0.25) is 0 Å². The van der Waals surface area contributed by atoms with Crippen molar-refractivity contribution in [1.82, 2.24) is 5.32 Å². The van der Waals surface area contributed by atoms with Crippen molar-refractivity contribution >= 4 is 23.2 Å². The summed E-state index contributed by atoms with van der Waals surface area (Å²) in [5.41, 5.74) is 1.03. The van der Waals surface area contributed by atoms with Gasteiger partial charge in [-0.2, -0.15) is 0 Å². The van der Waals surface area contributed by atoms with Crippen molar-refractivity contribution in [1.29, 1.82) is 0 Å². The summed E-state index contributed by atoms with van der Waals surface area (Å²) < 4.78 is 10.9. The van der Waals surface area contributed by atoms with Gasteiger partial charge in [0, 0.05) is 42.8 Å². The van der Waals surface area contributed by atoms with Gasteiger partial charge in [0.25, 0.3) is 0 Å². The fraction of sp³-hybridized carbons (Fsp3) is 0.571. The van der Waals surface area contributed by atoms with Gasteiger partial charge >= 0.3 is 0 Å². The number of ether oxygens (including phenoxy) is 2. The molecule has 2 atom stereocenters. The highest BCUT2D eigenvalue weighted by Gasteiger charge is 2.30. The molecule has 1 aromatic rings. The molecule has 2 unspecified atom stereocenters. The fourth-order valence-corrected chi connectivity index (χ4v) is 2.90. The van der Waals surface area contributed by atoms with Crippen LogP contribution in [0.15, 0.2) is 18.2 Å². The van der Waals surface area contributed by atoms with Gasteiger partial charge in [0.1, 0.15) is 0 Å². The molecule has 0 radical (unpaired) electrons. The van der Waals surface area contributed by atoms with Crippen LogP contribution in [0.5, 0.6) is 0 Å². The largest absolute Gasteiger partial charge is 0.383 e. The molecule has 0 amide bonds. The average Bonchev–Trinajstić information content (AvgIpc) is 2.83. The first kappa shape index (κ1) is 15.1. The maximum atomic E-state index is 6.25. The molecule has 2 rings (SSSR count). The predicted molar refractivity (Wildman–Crippen MR) is 78.0 cm³/mol. The smallest absolute Gasteiger partial charge is 0.0880 e. The van der Waals surface area contributed by atoms with Crippen LogP contribution in [-0.4, -0.2) is 33.4 Å². The van der Waals surface area contributed by atoms with Crippen molar-refractivity contribution in [3.63, 3.8) is 0 Å². The lowest BCUT2D eigenvalue weighted by Crippen LogP contribution is -2.27. The number of hydrogen-bond acceptors (Lipinski definition) is 3. The number of methoxy groups -OCH3 is 1. The molecule has 0 saturated carbocycles. The molecule has 1 fully saturated rings. The first-order chi connectivity index (χ1) is 9.22. The molecule has 1 aromatic carbocycles. The van der Waals surface area contributed by atoms with Crippen molar-refractivity contribution < 1.29 is 9.47 Å². The summed E-state index contributed by atoms with van der Waals surface area (Å²) in [6.07, 6.45) is 1.10. The summed E-state index contributed by atoms with van der Waals surface area (Å²) in [6, 6.07) is 5.60. The van der Waals surface area contributed by atoms with Crippen LogP contribution in [0.1, 0.15) is 18.1 Å². The minimum atomic E-state index is 0.0554. The zero-order valence-corrected chi connectivity index (χ0v) is 12.5. The molecule has 1 aliphatic rings. The average molecular weight is 304 g/mol. The van der Waals surface area contributed by atoms with E-state index in [4.69, 9.17) is 32.7 Å². The predicted octanol–water partition coefficient (Wildman–Crippen LogP) is 3.31. The summed E-state index contributed by atoms with van der Waals surface area (Å²) in [5.74, 6) is 0.440. The fourth-order valence-electron chi connectivity index (χ4n) is 2.38. The zero-order chi connectivity index (χ0) is 13.7. The van der Waals surface area contributed by atoms with E-state index in [0.29, 0.717) is 16.0 Å². The SMILES string of the molecule is COCCNCC1CCOC1c1ccc(Cl)cc1Cl. The summed E-state index contributed by atoms with van der Waals surface area (Å²) >= 11 is 12.2. The van der Waals surface area contributed by atoms with Gasteiger partial charge in [0.15, 0.2) is 0 Å². The van der Waals surface area contributed by atoms with E-state index in [-0.39, 0.29) is 6.10 Å². The minimum Gasteiger partial charge on any atom is -0.383 e. The third-order valence-electron chi connectivity index (χ3n) is 3.37. The Morgan fingerprint density at radius 3 is 3.00 bits per heavy atom. The van der Waals surface area contributed by atoms with E-state index in [2.05, 4.69) is 5.32 Å². The standard InChI is InChI=1S/C14H19Cl2NO2/c1-18-7-5-17-9-10-4-6-19-14(10)12-3-2-11(15)8-13(12)16/h2-3,8,10,14,17H,4-7,9H2,1H3. The first-order valence-corrected chi connectivity index (χ1v) is 7.24. The van der Waals surface area contributed by atoms with E-state index >= 15 is 0 Å². The van der Waals surface area contributed by atoms with E-state index in [1.165, 1.54) is 0 Å². The topological polar surface area (TPSA) is 30.5 Å². The lowest BCUT2D eigenvalue weighted by atomic mass is 9.95. The Kier molecular flexibility index (Phi) is 5.92. The third kappa shape index (κ3) is 4.07. The van der Waals surface area contributed by atoms with Gasteiger partial charge in [-0.1, -0.05) is 29.3 Å². The second kappa shape index (κ2) is 7.46. The maximum absolute atomic E-state index is 6.25. The van der Waals surface area contributed by atoms with E-state index in [1.54, 1.807) is 13.2 Å². The van der Waals surface area contributed by atoms with Gasteiger partial charge in [0.05, 0.1) is 12.7 Å². The quantitative estimate of drug-likeness (QED) is 0.818. The lowest BCUT2D eigenvalue weighted by molar-refractivity contribution is 0.0899. The Bertz CT molecular complexity index is 414. The van der Waals surface area contributed by atoms with Crippen LogP contribution >= 0.6 is 23.2 Å². The van der Waals surface area contributed by atoms with Crippen molar-refractivity contribution in [2.75, 3.05) is 33.4 Å². The molecular formula is C14H19Cl2NO2. The maximum Gasteiger partial charge on any atom is 0.0880 e. The van der Waals surface area contributed by atoms with E-state index in [9.17, 15) is 0 Å². The number of hydrogen-bond donors (Lipinski definition) is 1. The molecule has 106 valence electrons. The van der Waals surface area contributed by atoms with E-state index in [1.807, 2.05) is 12.1 Å². The number of benzene rings is 1. The van der Waals surface area contributed by atoms with E-state index in [0.717, 1.165) is 38.3 Å². The molecule has 0 spiro atoms. The third-order valence-corrected chi connectivity index (χ3v) is 3.94. The normalized spacial score (nSPS) is 22.9. The lowest BCUT2D eigenvalue weighted by Gasteiger charge is -2.20. The summed E-state index contributed by atoms with van der Waals surface area (Å²) in [7, 11) is 1.71. The first-order valence-electron chi connectivity index (χ1n) is 6.48. The van der Waals surface area contributed by atoms with Crippen LogP contribution in [0.3, 0.4) is 0 Å². The van der Waals surface area contributed by atoms with Crippen LogP contribution in [0.4, 0.5) is 0 Å². The Morgan fingerprint density at radius 1 is 1.42 bits per heavy atom. The van der Waals surface area contributed by atoms with Gasteiger partial charge in [-0.15, -0.1) is 0 Å². The second-order valence-electron chi connectivity index (χ2n) is 4.70. The Hall–Kier alpha value is -0.320. The molecule has 0 aliphatic carbocycles. The Morgan fingerprint density at radius 2 is 2.26 bits per heavy atom. The summed E-state index contributed by atoms with van der Waals surface area (Å²) in [6.45, 7) is 3.27. The van der Waals surface area contributed by atoms with Gasteiger partial charge < -0.3 is 14.8 Å². The number of rotatable bonds is 6. The van der Waals surface area contributed by atoms with Crippen LogP contribution in [0, 0.1) is 5.92 Å². The van der Waals surface area contributed by atoms with Crippen LogP contribution in [0.25, 0.3) is 0 Å². The Balaban J connectivity index is 1.97. The molecule has 1 saturated heterocycles. The molecular weight excluding hydrogens is 285 g/mol. The molecule has 19 heavy (non-hydrogen) atoms. The van der Waals surface area contributed by atoms with E-state index < -0.39 is 0 Å². The highest BCUT2D eigenvalue weighted by molar-refractivity contribution is 6.35. The molecule has 0 aromatic heterocycles. The number of halogens is 2. The molecule has 0 bridgehead atoms. The van der Waals surface area contributed by atoms with Crippen molar-refractivity contribution in [2.24, 2.45) is 5.92 Å². The molecule has 1 heterocycles. The van der Waals surface area contributed by atoms with Crippen LogP contribution < -0.4 is 5.32 Å². The molecule has 1 N–H and O–H groups in total. The highest BCUT2D eigenvalue weighted by atomic mass is 35.5. The van der Waals surface area contributed by atoms with Crippen LogP contribution in [0.2, 0.25) is 10.0 Å². The molecule has 3 nitrogen and oxygen atoms in total. The highest BCUT2D eigenvalue weighted by Crippen LogP contribution is 2.38. The second-order valence-corrected chi connectivity index (χ2v) is 5.55. The molecule has 5 heteroatoms. The molecule has 1 aliphatic heterocycles. The number of nitrogens with one attached hydrogen (secondary N) is 1.